The number of aryl methyl sites for hydroxylation is 1. The second-order valence-electron chi connectivity index (χ2n) is 5.51. The first-order valence-corrected chi connectivity index (χ1v) is 7.56. The maximum atomic E-state index is 4.83. The van der Waals surface area contributed by atoms with E-state index in [9.17, 15) is 0 Å². The van der Waals surface area contributed by atoms with Gasteiger partial charge in [0.05, 0.1) is 5.69 Å². The quantitative estimate of drug-likeness (QED) is 0.540. The van der Waals surface area contributed by atoms with Gasteiger partial charge in [-0.1, -0.05) is 54.1 Å². The van der Waals surface area contributed by atoms with E-state index in [0.29, 0.717) is 5.82 Å². The second kappa shape index (κ2) is 5.61. The molecule has 0 atom stereocenters. The number of fused-ring (bicyclic) bond motifs is 1. The Morgan fingerprint density at radius 2 is 1.57 bits per heavy atom. The highest BCUT2D eigenvalue weighted by Crippen LogP contribution is 2.28. The van der Waals surface area contributed by atoms with E-state index in [0.717, 1.165) is 27.9 Å². The van der Waals surface area contributed by atoms with Gasteiger partial charge in [-0.2, -0.15) is 0 Å². The number of nitrogens with zero attached hydrogens (tertiary/aromatic N) is 3. The van der Waals surface area contributed by atoms with Crippen LogP contribution in [0.4, 0.5) is 0 Å². The van der Waals surface area contributed by atoms with Crippen LogP contribution in [0.1, 0.15) is 5.56 Å². The van der Waals surface area contributed by atoms with Crippen LogP contribution in [0.15, 0.2) is 72.9 Å². The molecular formula is C20H15N3. The van der Waals surface area contributed by atoms with Gasteiger partial charge in [-0.05, 0) is 25.1 Å². The smallest absolute Gasteiger partial charge is 0.163 e. The molecule has 0 aliphatic carbocycles. The molecule has 0 aliphatic heterocycles. The van der Waals surface area contributed by atoms with E-state index in [1.807, 2.05) is 42.5 Å². The number of benzene rings is 2. The predicted octanol–water partition coefficient (Wildman–Crippen LogP) is 4.67. The summed E-state index contributed by atoms with van der Waals surface area (Å²) in [6, 6.07) is 22.3. The Kier molecular flexibility index (Phi) is 3.31. The first-order valence-electron chi connectivity index (χ1n) is 7.56. The van der Waals surface area contributed by atoms with E-state index in [4.69, 9.17) is 4.98 Å². The fourth-order valence-electron chi connectivity index (χ4n) is 2.69. The Hall–Kier alpha value is -3.07. The normalized spacial score (nSPS) is 10.8. The van der Waals surface area contributed by atoms with Gasteiger partial charge in [0.1, 0.15) is 0 Å². The van der Waals surface area contributed by atoms with Gasteiger partial charge in [0.25, 0.3) is 0 Å². The van der Waals surface area contributed by atoms with E-state index in [1.165, 1.54) is 5.56 Å². The summed E-state index contributed by atoms with van der Waals surface area (Å²) >= 11 is 0. The highest BCUT2D eigenvalue weighted by Gasteiger charge is 2.11. The average Bonchev–Trinajstić information content (AvgIpc) is 2.61. The molecule has 0 bridgehead atoms. The van der Waals surface area contributed by atoms with Gasteiger partial charge in [0.15, 0.2) is 11.5 Å². The van der Waals surface area contributed by atoms with Gasteiger partial charge in [-0.15, -0.1) is 0 Å². The molecule has 0 amide bonds. The van der Waals surface area contributed by atoms with Crippen LogP contribution >= 0.6 is 0 Å². The lowest BCUT2D eigenvalue weighted by Gasteiger charge is -2.09. The standard InChI is InChI=1S/C20H15N3/c1-14-7-5-10-16(13-14)18-17-11-6-12-21-20(17)23-19(22-18)15-8-3-2-4-9-15/h2-13H,1H3. The maximum absolute atomic E-state index is 4.83. The van der Waals surface area contributed by atoms with Crippen LogP contribution in [0.2, 0.25) is 0 Å². The number of hydrogen-bond donors (Lipinski definition) is 0. The summed E-state index contributed by atoms with van der Waals surface area (Å²) in [6.07, 6.45) is 1.77. The number of hydrogen-bond acceptors (Lipinski definition) is 3. The molecule has 4 rings (SSSR count). The summed E-state index contributed by atoms with van der Waals surface area (Å²) in [6.45, 7) is 2.09. The summed E-state index contributed by atoms with van der Waals surface area (Å²) in [4.78, 5) is 13.9. The zero-order valence-electron chi connectivity index (χ0n) is 12.8. The van der Waals surface area contributed by atoms with Crippen LogP contribution < -0.4 is 0 Å². The molecule has 2 aromatic carbocycles. The van der Waals surface area contributed by atoms with Crippen molar-refractivity contribution < 1.29 is 0 Å². The van der Waals surface area contributed by atoms with Crippen molar-refractivity contribution in [2.45, 2.75) is 6.92 Å². The second-order valence-corrected chi connectivity index (χ2v) is 5.51. The molecule has 3 heteroatoms. The molecule has 2 aromatic heterocycles. The van der Waals surface area contributed by atoms with Crippen molar-refractivity contribution in [3.63, 3.8) is 0 Å². The van der Waals surface area contributed by atoms with Crippen LogP contribution in [0.5, 0.6) is 0 Å². The third-order valence-corrected chi connectivity index (χ3v) is 3.79. The van der Waals surface area contributed by atoms with Gasteiger partial charge in [-0.3, -0.25) is 0 Å². The maximum Gasteiger partial charge on any atom is 0.163 e. The molecule has 0 aliphatic rings. The molecule has 0 saturated heterocycles. The number of aromatic nitrogens is 3. The first-order chi connectivity index (χ1) is 11.3. The lowest BCUT2D eigenvalue weighted by atomic mass is 10.1. The minimum absolute atomic E-state index is 0.702. The van der Waals surface area contributed by atoms with E-state index in [-0.39, 0.29) is 0 Å². The van der Waals surface area contributed by atoms with Crippen molar-refractivity contribution >= 4 is 11.0 Å². The van der Waals surface area contributed by atoms with Crippen molar-refractivity contribution in [1.82, 2.24) is 15.0 Å². The number of rotatable bonds is 2. The molecule has 0 unspecified atom stereocenters. The first kappa shape index (κ1) is 13.6. The molecule has 0 fully saturated rings. The third kappa shape index (κ3) is 2.57. The molecular weight excluding hydrogens is 282 g/mol. The highest BCUT2D eigenvalue weighted by molar-refractivity contribution is 5.91. The zero-order chi connectivity index (χ0) is 15.6. The molecule has 0 saturated carbocycles. The largest absolute Gasteiger partial charge is 0.236 e. The molecule has 3 nitrogen and oxygen atoms in total. The van der Waals surface area contributed by atoms with Crippen LogP contribution in [-0.4, -0.2) is 15.0 Å². The summed E-state index contributed by atoms with van der Waals surface area (Å²) < 4.78 is 0. The molecule has 2 heterocycles. The van der Waals surface area contributed by atoms with Crippen LogP contribution in [0, 0.1) is 6.92 Å². The molecule has 23 heavy (non-hydrogen) atoms. The summed E-state index contributed by atoms with van der Waals surface area (Å²) in [5.74, 6) is 0.702. The van der Waals surface area contributed by atoms with Crippen molar-refractivity contribution in [1.29, 1.82) is 0 Å². The predicted molar refractivity (Wildman–Crippen MR) is 92.9 cm³/mol. The van der Waals surface area contributed by atoms with Crippen molar-refractivity contribution in [2.75, 3.05) is 0 Å². The Morgan fingerprint density at radius 1 is 0.739 bits per heavy atom. The Labute approximate surface area is 134 Å². The molecule has 4 aromatic rings. The number of pyridine rings is 1. The van der Waals surface area contributed by atoms with Crippen molar-refractivity contribution in [2.24, 2.45) is 0 Å². The summed E-state index contributed by atoms with van der Waals surface area (Å²) in [5.41, 5.74) is 4.93. The minimum Gasteiger partial charge on any atom is -0.236 e. The van der Waals surface area contributed by atoms with Crippen molar-refractivity contribution in [3.8, 4) is 22.6 Å². The minimum atomic E-state index is 0.702. The molecule has 0 N–H and O–H groups in total. The van der Waals surface area contributed by atoms with Gasteiger partial charge >= 0.3 is 0 Å². The van der Waals surface area contributed by atoms with Crippen LogP contribution in [0.25, 0.3) is 33.7 Å². The Bertz CT molecular complexity index is 978. The Balaban J connectivity index is 2.02. The Morgan fingerprint density at radius 3 is 2.39 bits per heavy atom. The van der Waals surface area contributed by atoms with Crippen molar-refractivity contribution in [3.05, 3.63) is 78.5 Å². The van der Waals surface area contributed by atoms with Gasteiger partial charge in [0.2, 0.25) is 0 Å². The fraction of sp³-hybridized carbons (Fsp3) is 0.0500. The van der Waals surface area contributed by atoms with E-state index < -0.39 is 0 Å². The summed E-state index contributed by atoms with van der Waals surface area (Å²) in [7, 11) is 0. The zero-order valence-corrected chi connectivity index (χ0v) is 12.8. The highest BCUT2D eigenvalue weighted by atomic mass is 14.9. The van der Waals surface area contributed by atoms with Crippen LogP contribution in [-0.2, 0) is 0 Å². The van der Waals surface area contributed by atoms with E-state index >= 15 is 0 Å². The average molecular weight is 297 g/mol. The van der Waals surface area contributed by atoms with Gasteiger partial charge in [-0.25, -0.2) is 15.0 Å². The topological polar surface area (TPSA) is 38.7 Å². The lowest BCUT2D eigenvalue weighted by Crippen LogP contribution is -1.96. The van der Waals surface area contributed by atoms with Gasteiger partial charge in [0, 0.05) is 22.7 Å². The fourth-order valence-corrected chi connectivity index (χ4v) is 2.69. The monoisotopic (exact) mass is 297 g/mol. The van der Waals surface area contributed by atoms with Crippen LogP contribution in [0.3, 0.4) is 0 Å². The molecule has 0 spiro atoms. The lowest BCUT2D eigenvalue weighted by molar-refractivity contribution is 1.19. The molecule has 0 radical (unpaired) electrons. The third-order valence-electron chi connectivity index (χ3n) is 3.79. The van der Waals surface area contributed by atoms with E-state index in [2.05, 4.69) is 41.2 Å². The summed E-state index contributed by atoms with van der Waals surface area (Å²) in [5, 5.41) is 0.970. The van der Waals surface area contributed by atoms with E-state index in [1.54, 1.807) is 6.20 Å². The van der Waals surface area contributed by atoms with Gasteiger partial charge < -0.3 is 0 Å². The SMILES string of the molecule is Cc1cccc(-c2nc(-c3ccccc3)nc3ncccc23)c1. The molecule has 110 valence electrons.